The lowest BCUT2D eigenvalue weighted by Crippen LogP contribution is -2.24. The number of esters is 1. The van der Waals surface area contributed by atoms with Gasteiger partial charge in [-0.05, 0) is 51.4 Å². The van der Waals surface area contributed by atoms with Crippen LogP contribution in [0.15, 0.2) is 37.0 Å². The normalized spacial score (nSPS) is 23.2. The monoisotopic (exact) mass is 392 g/mol. The van der Waals surface area contributed by atoms with Gasteiger partial charge in [-0.3, -0.25) is 4.79 Å². The van der Waals surface area contributed by atoms with Crippen LogP contribution in [0.1, 0.15) is 65.2 Å². The summed E-state index contributed by atoms with van der Waals surface area (Å²) in [5.41, 5.74) is -0.872. The molecule has 0 aromatic carbocycles. The van der Waals surface area contributed by atoms with Crippen LogP contribution in [0.5, 0.6) is 0 Å². The number of hydrogen-bond acceptors (Lipinski definition) is 5. The van der Waals surface area contributed by atoms with Crippen molar-refractivity contribution in [2.24, 2.45) is 11.8 Å². The second-order valence-electron chi connectivity index (χ2n) is 7.52. The van der Waals surface area contributed by atoms with E-state index in [1.165, 1.54) is 0 Å². The molecular formula is C23H36O5. The van der Waals surface area contributed by atoms with Crippen molar-refractivity contribution >= 4 is 11.8 Å². The smallest absolute Gasteiger partial charge is 0.334 e. The lowest BCUT2D eigenvalue weighted by atomic mass is 9.89. The molecule has 2 unspecified atom stereocenters. The molecule has 1 fully saturated rings. The van der Waals surface area contributed by atoms with Gasteiger partial charge in [0.15, 0.2) is 6.10 Å². The SMILES string of the molecule is C=CC(O)(CC=C[C@H]1CCC(=O)[C@@H]1CC=CCCC(O)C(=O)OCC)CCC. The molecule has 0 spiro atoms. The fraction of sp³-hybridized carbons (Fsp3) is 0.652. The summed E-state index contributed by atoms with van der Waals surface area (Å²) in [6.07, 6.45) is 13.5. The molecular weight excluding hydrogens is 356 g/mol. The van der Waals surface area contributed by atoms with Gasteiger partial charge in [-0.2, -0.15) is 0 Å². The lowest BCUT2D eigenvalue weighted by Gasteiger charge is -2.22. The number of rotatable bonds is 13. The quantitative estimate of drug-likeness (QED) is 0.367. The van der Waals surface area contributed by atoms with Crippen molar-refractivity contribution in [3.05, 3.63) is 37.0 Å². The number of carbonyl (C=O) groups is 2. The average Bonchev–Trinajstić information content (AvgIpc) is 3.01. The Morgan fingerprint density at radius 1 is 1.36 bits per heavy atom. The van der Waals surface area contributed by atoms with E-state index in [-0.39, 0.29) is 24.2 Å². The molecule has 5 nitrogen and oxygen atoms in total. The zero-order valence-corrected chi connectivity index (χ0v) is 17.3. The van der Waals surface area contributed by atoms with Crippen LogP contribution in [0.2, 0.25) is 0 Å². The van der Waals surface area contributed by atoms with Crippen LogP contribution in [0.3, 0.4) is 0 Å². The van der Waals surface area contributed by atoms with E-state index in [1.54, 1.807) is 13.0 Å². The van der Waals surface area contributed by atoms with E-state index in [9.17, 15) is 19.8 Å². The van der Waals surface area contributed by atoms with Crippen molar-refractivity contribution in [3.63, 3.8) is 0 Å². The summed E-state index contributed by atoms with van der Waals surface area (Å²) in [6.45, 7) is 7.72. The van der Waals surface area contributed by atoms with E-state index in [4.69, 9.17) is 4.74 Å². The van der Waals surface area contributed by atoms with Gasteiger partial charge in [0.2, 0.25) is 0 Å². The summed E-state index contributed by atoms with van der Waals surface area (Å²) < 4.78 is 4.77. The topological polar surface area (TPSA) is 83.8 Å². The molecule has 4 atom stereocenters. The van der Waals surface area contributed by atoms with Crippen molar-refractivity contribution < 1.29 is 24.5 Å². The molecule has 1 aliphatic rings. The second-order valence-corrected chi connectivity index (χ2v) is 7.52. The summed E-state index contributed by atoms with van der Waals surface area (Å²) in [7, 11) is 0. The third kappa shape index (κ3) is 8.11. The number of Topliss-reactive ketones (excluding diaryl/α,β-unsaturated/α-hetero) is 1. The van der Waals surface area contributed by atoms with E-state index >= 15 is 0 Å². The molecule has 2 N–H and O–H groups in total. The standard InChI is InChI=1S/C23H36O5/c1-4-16-23(27,5-2)17-10-11-18-14-15-20(24)19(18)12-8-7-9-13-21(25)22(26)28-6-3/h5,7-8,10-11,18-19,21,25,27H,2,4,6,9,12-17H2,1,3H3/t18-,19+,21?,23?/m0/s1. The Kier molecular flexibility index (Phi) is 11.0. The van der Waals surface area contributed by atoms with Gasteiger partial charge in [-0.1, -0.05) is 43.7 Å². The minimum atomic E-state index is -1.10. The van der Waals surface area contributed by atoms with Crippen molar-refractivity contribution in [2.45, 2.75) is 76.9 Å². The fourth-order valence-electron chi connectivity index (χ4n) is 3.61. The van der Waals surface area contributed by atoms with Crippen molar-refractivity contribution in [3.8, 4) is 0 Å². The van der Waals surface area contributed by atoms with Gasteiger partial charge in [0.25, 0.3) is 0 Å². The molecule has 0 heterocycles. The van der Waals surface area contributed by atoms with Crippen LogP contribution in [0.4, 0.5) is 0 Å². The molecule has 0 radical (unpaired) electrons. The maximum atomic E-state index is 12.2. The first-order chi connectivity index (χ1) is 13.4. The minimum Gasteiger partial charge on any atom is -0.464 e. The summed E-state index contributed by atoms with van der Waals surface area (Å²) in [5.74, 6) is -0.156. The number of ether oxygens (including phenoxy) is 1. The van der Waals surface area contributed by atoms with E-state index in [1.807, 2.05) is 25.2 Å². The zero-order valence-electron chi connectivity index (χ0n) is 17.3. The molecule has 5 heteroatoms. The molecule has 0 aromatic rings. The van der Waals surface area contributed by atoms with E-state index in [2.05, 4.69) is 12.7 Å². The first kappa shape index (κ1) is 24.3. The third-order valence-electron chi connectivity index (χ3n) is 5.29. The molecule has 1 saturated carbocycles. The molecule has 0 saturated heterocycles. The highest BCUT2D eigenvalue weighted by atomic mass is 16.5. The second kappa shape index (κ2) is 12.7. The lowest BCUT2D eigenvalue weighted by molar-refractivity contribution is -0.153. The number of aliphatic hydroxyl groups excluding tert-OH is 1. The van der Waals surface area contributed by atoms with Gasteiger partial charge in [-0.15, -0.1) is 6.58 Å². The number of ketones is 1. The van der Waals surface area contributed by atoms with E-state index < -0.39 is 17.7 Å². The van der Waals surface area contributed by atoms with Crippen molar-refractivity contribution in [1.82, 2.24) is 0 Å². The molecule has 158 valence electrons. The summed E-state index contributed by atoms with van der Waals surface area (Å²) in [5, 5.41) is 20.1. The Morgan fingerprint density at radius 3 is 2.75 bits per heavy atom. The fourth-order valence-corrected chi connectivity index (χ4v) is 3.61. The predicted molar refractivity (Wildman–Crippen MR) is 111 cm³/mol. The molecule has 28 heavy (non-hydrogen) atoms. The first-order valence-electron chi connectivity index (χ1n) is 10.4. The number of carbonyl (C=O) groups excluding carboxylic acids is 2. The molecule has 0 bridgehead atoms. The number of aliphatic hydroxyl groups is 2. The van der Waals surface area contributed by atoms with E-state index in [0.717, 1.165) is 12.8 Å². The van der Waals surface area contributed by atoms with Crippen molar-refractivity contribution in [1.29, 1.82) is 0 Å². The Morgan fingerprint density at radius 2 is 2.11 bits per heavy atom. The van der Waals surface area contributed by atoms with Gasteiger partial charge in [0, 0.05) is 12.3 Å². The predicted octanol–water partition coefficient (Wildman–Crippen LogP) is 3.90. The van der Waals surface area contributed by atoms with Crippen LogP contribution in [-0.4, -0.2) is 40.3 Å². The largest absolute Gasteiger partial charge is 0.464 e. The van der Waals surface area contributed by atoms with Gasteiger partial charge in [0.1, 0.15) is 5.78 Å². The van der Waals surface area contributed by atoms with Crippen LogP contribution in [0.25, 0.3) is 0 Å². The highest BCUT2D eigenvalue weighted by molar-refractivity contribution is 5.83. The summed E-state index contributed by atoms with van der Waals surface area (Å²) >= 11 is 0. The average molecular weight is 393 g/mol. The highest BCUT2D eigenvalue weighted by Gasteiger charge is 2.32. The van der Waals surface area contributed by atoms with Gasteiger partial charge < -0.3 is 14.9 Å². The maximum absolute atomic E-state index is 12.2. The van der Waals surface area contributed by atoms with Gasteiger partial charge >= 0.3 is 5.97 Å². The van der Waals surface area contributed by atoms with Crippen LogP contribution in [0, 0.1) is 11.8 Å². The van der Waals surface area contributed by atoms with Crippen LogP contribution in [-0.2, 0) is 14.3 Å². The van der Waals surface area contributed by atoms with Crippen LogP contribution >= 0.6 is 0 Å². The Bertz CT molecular complexity index is 565. The van der Waals surface area contributed by atoms with Crippen molar-refractivity contribution in [2.75, 3.05) is 6.61 Å². The molecule has 0 aromatic heterocycles. The Hall–Kier alpha value is -1.72. The molecule has 1 rings (SSSR count). The molecule has 1 aliphatic carbocycles. The Labute approximate surface area is 169 Å². The minimum absolute atomic E-state index is 0.0366. The summed E-state index contributed by atoms with van der Waals surface area (Å²) in [4.78, 5) is 23.6. The number of hydrogen-bond donors (Lipinski definition) is 2. The Balaban J connectivity index is 2.48. The first-order valence-corrected chi connectivity index (χ1v) is 10.4. The van der Waals surface area contributed by atoms with Crippen LogP contribution < -0.4 is 0 Å². The summed E-state index contributed by atoms with van der Waals surface area (Å²) in [6, 6.07) is 0. The maximum Gasteiger partial charge on any atom is 0.334 e. The van der Waals surface area contributed by atoms with Gasteiger partial charge in [-0.25, -0.2) is 4.79 Å². The molecule has 0 aliphatic heterocycles. The number of allylic oxidation sites excluding steroid dienone is 3. The highest BCUT2D eigenvalue weighted by Crippen LogP contribution is 2.33. The van der Waals surface area contributed by atoms with E-state index in [0.29, 0.717) is 38.5 Å². The zero-order chi connectivity index (χ0) is 21.0. The molecule has 0 amide bonds. The van der Waals surface area contributed by atoms with Gasteiger partial charge in [0.05, 0.1) is 12.2 Å². The third-order valence-corrected chi connectivity index (χ3v) is 5.29.